The molecule has 0 radical (unpaired) electrons. The van der Waals surface area contributed by atoms with Gasteiger partial charge in [-0.15, -0.1) is 0 Å². The Kier molecular flexibility index (Phi) is 7.88. The molecule has 3 amide bonds. The van der Waals surface area contributed by atoms with Crippen LogP contribution in [0.4, 0.5) is 29.3 Å². The lowest BCUT2D eigenvalue weighted by Crippen LogP contribution is -2.50. The minimum atomic E-state index is -4.71. The predicted octanol–water partition coefficient (Wildman–Crippen LogP) is 6.23. The number of fused-ring (bicyclic) bond motifs is 1. The maximum atomic E-state index is 14.0. The standard InChI is InChI=1S/C32H25F3N4O3/c1-20-11-5-6-14-22(20)27(40)19-39-26-18-10-7-15-23(26)28(21-12-3-2-4-13-21)37-29(30(39)41)38-31(42)36-25-17-9-8-16-24(25)32(33,34)35/h2-18,29H,19H2,1H3,(H2,36,38,42)/t29-/m1/s1. The number of rotatable bonds is 6. The molecular formula is C32H25F3N4O3. The van der Waals surface area contributed by atoms with E-state index in [0.717, 1.165) is 17.7 Å². The molecule has 1 aliphatic heterocycles. The number of alkyl halides is 3. The number of halogens is 3. The molecule has 7 nitrogen and oxygen atoms in total. The second kappa shape index (κ2) is 11.7. The molecule has 0 aromatic heterocycles. The quantitative estimate of drug-likeness (QED) is 0.270. The van der Waals surface area contributed by atoms with E-state index in [1.807, 2.05) is 6.07 Å². The number of anilines is 2. The second-order valence-electron chi connectivity index (χ2n) is 9.57. The number of benzene rings is 4. The van der Waals surface area contributed by atoms with E-state index < -0.39 is 35.5 Å². The Morgan fingerprint density at radius 3 is 2.24 bits per heavy atom. The van der Waals surface area contributed by atoms with Gasteiger partial charge in [-0.25, -0.2) is 9.79 Å². The molecule has 0 bridgehead atoms. The van der Waals surface area contributed by atoms with Crippen molar-refractivity contribution in [2.45, 2.75) is 19.3 Å². The third-order valence-corrected chi connectivity index (χ3v) is 6.75. The zero-order valence-corrected chi connectivity index (χ0v) is 22.4. The van der Waals surface area contributed by atoms with Gasteiger partial charge in [0.1, 0.15) is 0 Å². The van der Waals surface area contributed by atoms with Gasteiger partial charge in [0, 0.05) is 16.7 Å². The second-order valence-corrected chi connectivity index (χ2v) is 9.57. The third-order valence-electron chi connectivity index (χ3n) is 6.75. The summed E-state index contributed by atoms with van der Waals surface area (Å²) in [6.07, 6.45) is -6.27. The van der Waals surface area contributed by atoms with E-state index in [1.54, 1.807) is 79.7 Å². The molecule has 4 aromatic carbocycles. The molecule has 1 heterocycles. The van der Waals surface area contributed by atoms with E-state index in [1.165, 1.54) is 17.0 Å². The monoisotopic (exact) mass is 570 g/mol. The van der Waals surface area contributed by atoms with Gasteiger partial charge in [0.05, 0.1) is 29.2 Å². The largest absolute Gasteiger partial charge is 0.418 e. The fourth-order valence-electron chi connectivity index (χ4n) is 4.75. The summed E-state index contributed by atoms with van der Waals surface area (Å²) in [4.78, 5) is 46.3. The summed E-state index contributed by atoms with van der Waals surface area (Å²) in [5, 5.41) is 4.61. The van der Waals surface area contributed by atoms with E-state index >= 15 is 0 Å². The summed E-state index contributed by atoms with van der Waals surface area (Å²) >= 11 is 0. The number of nitrogens with one attached hydrogen (secondary N) is 2. The Morgan fingerprint density at radius 2 is 1.50 bits per heavy atom. The number of urea groups is 1. The summed E-state index contributed by atoms with van der Waals surface area (Å²) in [6, 6.07) is 26.3. The molecule has 0 saturated carbocycles. The Morgan fingerprint density at radius 1 is 0.857 bits per heavy atom. The smallest absolute Gasteiger partial charge is 0.308 e. The molecule has 1 aliphatic rings. The highest BCUT2D eigenvalue weighted by Gasteiger charge is 2.36. The molecule has 0 saturated heterocycles. The van der Waals surface area contributed by atoms with Crippen molar-refractivity contribution in [1.82, 2.24) is 5.32 Å². The predicted molar refractivity (Wildman–Crippen MR) is 154 cm³/mol. The van der Waals surface area contributed by atoms with Gasteiger partial charge in [0.2, 0.25) is 6.17 Å². The van der Waals surface area contributed by atoms with Crippen LogP contribution in [0, 0.1) is 6.92 Å². The van der Waals surface area contributed by atoms with Gasteiger partial charge in [0.25, 0.3) is 5.91 Å². The number of nitrogens with zero attached hydrogens (tertiary/aromatic N) is 2. The highest BCUT2D eigenvalue weighted by Crippen LogP contribution is 2.34. The lowest BCUT2D eigenvalue weighted by molar-refractivity contribution is -0.137. The zero-order chi connectivity index (χ0) is 29.9. The van der Waals surface area contributed by atoms with Gasteiger partial charge in [0.15, 0.2) is 5.78 Å². The number of hydrogen-bond acceptors (Lipinski definition) is 4. The van der Waals surface area contributed by atoms with Crippen LogP contribution in [0.15, 0.2) is 108 Å². The number of para-hydroxylation sites is 2. The first-order valence-corrected chi connectivity index (χ1v) is 13.0. The van der Waals surface area contributed by atoms with Gasteiger partial charge in [-0.1, -0.05) is 84.9 Å². The normalized spacial score (nSPS) is 14.9. The number of ketones is 1. The number of amides is 3. The van der Waals surface area contributed by atoms with Crippen molar-refractivity contribution >= 4 is 34.8 Å². The number of aryl methyl sites for hydroxylation is 1. The molecule has 5 rings (SSSR count). The molecule has 0 aliphatic carbocycles. The highest BCUT2D eigenvalue weighted by atomic mass is 19.4. The molecule has 10 heteroatoms. The molecule has 212 valence electrons. The lowest BCUT2D eigenvalue weighted by atomic mass is 9.99. The fraction of sp³-hybridized carbons (Fsp3) is 0.125. The minimum absolute atomic E-state index is 0.332. The Balaban J connectivity index is 1.54. The van der Waals surface area contributed by atoms with Crippen molar-refractivity contribution in [1.29, 1.82) is 0 Å². The number of aliphatic imine (C=N–C) groups is 1. The van der Waals surface area contributed by atoms with Crippen molar-refractivity contribution in [2.24, 2.45) is 4.99 Å². The highest BCUT2D eigenvalue weighted by molar-refractivity contribution is 6.21. The van der Waals surface area contributed by atoms with E-state index in [9.17, 15) is 27.6 Å². The van der Waals surface area contributed by atoms with Crippen LogP contribution in [0.5, 0.6) is 0 Å². The van der Waals surface area contributed by atoms with Crippen LogP contribution >= 0.6 is 0 Å². The van der Waals surface area contributed by atoms with E-state index in [0.29, 0.717) is 28.1 Å². The first-order chi connectivity index (χ1) is 20.1. The summed E-state index contributed by atoms with van der Waals surface area (Å²) in [5.41, 5.74) is 1.59. The average molecular weight is 571 g/mol. The summed E-state index contributed by atoms with van der Waals surface area (Å²) in [5.74, 6) is -1.06. The molecule has 1 atom stereocenters. The van der Waals surface area contributed by atoms with Gasteiger partial charge >= 0.3 is 12.2 Å². The van der Waals surface area contributed by atoms with Crippen LogP contribution in [-0.4, -0.2) is 36.1 Å². The molecule has 0 fully saturated rings. The Hall–Kier alpha value is -5.25. The molecule has 42 heavy (non-hydrogen) atoms. The van der Waals surface area contributed by atoms with Gasteiger partial charge in [-0.3, -0.25) is 9.59 Å². The van der Waals surface area contributed by atoms with Crippen molar-refractivity contribution in [3.63, 3.8) is 0 Å². The van der Waals surface area contributed by atoms with Crippen molar-refractivity contribution in [3.05, 3.63) is 131 Å². The topological polar surface area (TPSA) is 90.9 Å². The molecule has 4 aromatic rings. The molecule has 2 N–H and O–H groups in total. The summed E-state index contributed by atoms with van der Waals surface area (Å²) < 4.78 is 40.6. The zero-order valence-electron chi connectivity index (χ0n) is 22.4. The minimum Gasteiger partial charge on any atom is -0.308 e. The number of carbonyl (C=O) groups is 3. The Bertz CT molecular complexity index is 1690. The number of hydrogen-bond donors (Lipinski definition) is 2. The van der Waals surface area contributed by atoms with Crippen LogP contribution in [0.1, 0.15) is 32.6 Å². The number of Topliss-reactive ketones (excluding diaryl/α,β-unsaturated/α-hetero) is 1. The van der Waals surface area contributed by atoms with Crippen molar-refractivity contribution < 1.29 is 27.6 Å². The molecule has 0 spiro atoms. The van der Waals surface area contributed by atoms with E-state index in [4.69, 9.17) is 0 Å². The number of benzodiazepines with no additional fused rings is 1. The maximum Gasteiger partial charge on any atom is 0.418 e. The first kappa shape index (κ1) is 28.3. The Labute approximate surface area is 239 Å². The lowest BCUT2D eigenvalue weighted by Gasteiger charge is -2.25. The summed E-state index contributed by atoms with van der Waals surface area (Å²) in [6.45, 7) is 1.44. The SMILES string of the molecule is Cc1ccccc1C(=O)CN1C(=O)[C@@H](NC(=O)Nc2ccccc2C(F)(F)F)N=C(c2ccccc2)c2ccccc21. The summed E-state index contributed by atoms with van der Waals surface area (Å²) in [7, 11) is 0. The first-order valence-electron chi connectivity index (χ1n) is 13.0. The van der Waals surface area contributed by atoms with Crippen LogP contribution in [-0.2, 0) is 11.0 Å². The molecular weight excluding hydrogens is 545 g/mol. The van der Waals surface area contributed by atoms with Crippen LogP contribution in [0.3, 0.4) is 0 Å². The van der Waals surface area contributed by atoms with Crippen LogP contribution in [0.2, 0.25) is 0 Å². The van der Waals surface area contributed by atoms with Crippen molar-refractivity contribution in [2.75, 3.05) is 16.8 Å². The van der Waals surface area contributed by atoms with E-state index in [-0.39, 0.29) is 12.3 Å². The maximum absolute atomic E-state index is 14.0. The van der Waals surface area contributed by atoms with Crippen LogP contribution in [0.25, 0.3) is 0 Å². The fourth-order valence-corrected chi connectivity index (χ4v) is 4.75. The molecule has 0 unspecified atom stereocenters. The van der Waals surface area contributed by atoms with Gasteiger partial charge in [-0.05, 0) is 30.7 Å². The average Bonchev–Trinajstić information content (AvgIpc) is 3.08. The number of carbonyl (C=O) groups excluding carboxylic acids is 3. The third kappa shape index (κ3) is 5.92. The van der Waals surface area contributed by atoms with Crippen LogP contribution < -0.4 is 15.5 Å². The van der Waals surface area contributed by atoms with Crippen molar-refractivity contribution in [3.8, 4) is 0 Å². The van der Waals surface area contributed by atoms with Gasteiger partial charge in [-0.2, -0.15) is 13.2 Å². The van der Waals surface area contributed by atoms with Gasteiger partial charge < -0.3 is 15.5 Å². The van der Waals surface area contributed by atoms with E-state index in [2.05, 4.69) is 15.6 Å².